The van der Waals surface area contributed by atoms with Gasteiger partial charge >= 0.3 is 0 Å². The van der Waals surface area contributed by atoms with Crippen molar-refractivity contribution in [2.75, 3.05) is 26.2 Å². The Morgan fingerprint density at radius 3 is 2.82 bits per heavy atom. The van der Waals surface area contributed by atoms with Crippen LogP contribution in [0.5, 0.6) is 0 Å². The summed E-state index contributed by atoms with van der Waals surface area (Å²) in [6, 6.07) is 5.12. The Bertz CT molecular complexity index is 378. The van der Waals surface area contributed by atoms with Crippen LogP contribution in [0, 0.1) is 5.82 Å². The highest BCUT2D eigenvalue weighted by molar-refractivity contribution is 6.30. The molecular formula is C13H18ClFN2. The Morgan fingerprint density at radius 2 is 2.12 bits per heavy atom. The van der Waals surface area contributed by atoms with Crippen LogP contribution in [-0.2, 0) is 6.42 Å². The molecule has 1 aromatic rings. The van der Waals surface area contributed by atoms with Gasteiger partial charge in [-0.3, -0.25) is 4.90 Å². The molecule has 0 spiro atoms. The number of rotatable bonds is 3. The van der Waals surface area contributed by atoms with Gasteiger partial charge in [0, 0.05) is 37.2 Å². The Kier molecular flexibility index (Phi) is 4.37. The zero-order valence-corrected chi connectivity index (χ0v) is 10.8. The van der Waals surface area contributed by atoms with E-state index >= 15 is 0 Å². The van der Waals surface area contributed by atoms with Crippen molar-refractivity contribution in [1.82, 2.24) is 10.2 Å². The van der Waals surface area contributed by atoms with E-state index < -0.39 is 0 Å². The second-order valence-corrected chi connectivity index (χ2v) is 5.01. The topological polar surface area (TPSA) is 15.3 Å². The zero-order valence-electron chi connectivity index (χ0n) is 10.0. The molecule has 17 heavy (non-hydrogen) atoms. The highest BCUT2D eigenvalue weighted by Gasteiger charge is 2.17. The van der Waals surface area contributed by atoms with Crippen molar-refractivity contribution < 1.29 is 4.39 Å². The minimum absolute atomic E-state index is 0.156. The second kappa shape index (κ2) is 5.80. The molecule has 1 N–H and O–H groups in total. The van der Waals surface area contributed by atoms with Crippen LogP contribution in [0.15, 0.2) is 18.2 Å². The molecule has 1 aromatic carbocycles. The van der Waals surface area contributed by atoms with Gasteiger partial charge < -0.3 is 5.32 Å². The maximum absolute atomic E-state index is 13.6. The summed E-state index contributed by atoms with van der Waals surface area (Å²) < 4.78 is 13.6. The Balaban J connectivity index is 2.01. The van der Waals surface area contributed by atoms with Gasteiger partial charge in [-0.2, -0.15) is 0 Å². The van der Waals surface area contributed by atoms with E-state index in [4.69, 9.17) is 11.6 Å². The van der Waals surface area contributed by atoms with E-state index in [1.54, 1.807) is 12.1 Å². The van der Waals surface area contributed by atoms with Gasteiger partial charge in [0.05, 0.1) is 0 Å². The van der Waals surface area contributed by atoms with E-state index in [2.05, 4.69) is 17.1 Å². The summed E-state index contributed by atoms with van der Waals surface area (Å²) in [5, 5.41) is 3.92. The summed E-state index contributed by atoms with van der Waals surface area (Å²) in [6.07, 6.45) is 0.715. The lowest BCUT2D eigenvalue weighted by Crippen LogP contribution is -2.48. The van der Waals surface area contributed by atoms with Crippen LogP contribution in [0.4, 0.5) is 4.39 Å². The molecule has 1 atom stereocenters. The zero-order chi connectivity index (χ0) is 12.3. The molecule has 1 aliphatic heterocycles. The van der Waals surface area contributed by atoms with Crippen LogP contribution in [0.2, 0.25) is 5.02 Å². The Labute approximate surface area is 107 Å². The fourth-order valence-electron chi connectivity index (χ4n) is 2.27. The number of nitrogens with one attached hydrogen (secondary N) is 1. The van der Waals surface area contributed by atoms with Crippen molar-refractivity contribution in [2.45, 2.75) is 19.4 Å². The molecule has 2 rings (SSSR count). The molecule has 0 radical (unpaired) electrons. The van der Waals surface area contributed by atoms with Crippen LogP contribution in [-0.4, -0.2) is 37.1 Å². The third-order valence-electron chi connectivity index (χ3n) is 3.30. The normalized spacial score (nSPS) is 19.2. The molecule has 2 nitrogen and oxygen atoms in total. The summed E-state index contributed by atoms with van der Waals surface area (Å²) in [4.78, 5) is 2.39. The molecular weight excluding hydrogens is 239 g/mol. The van der Waals surface area contributed by atoms with E-state index in [9.17, 15) is 4.39 Å². The van der Waals surface area contributed by atoms with Crippen molar-refractivity contribution in [2.24, 2.45) is 0 Å². The fraction of sp³-hybridized carbons (Fsp3) is 0.538. The molecule has 0 aromatic heterocycles. The lowest BCUT2D eigenvalue weighted by atomic mass is 10.0. The Hall–Kier alpha value is -0.640. The quantitative estimate of drug-likeness (QED) is 0.893. The van der Waals surface area contributed by atoms with Gasteiger partial charge in [-0.25, -0.2) is 4.39 Å². The van der Waals surface area contributed by atoms with Crippen LogP contribution in [0.25, 0.3) is 0 Å². The molecule has 94 valence electrons. The van der Waals surface area contributed by atoms with Gasteiger partial charge in [-0.15, -0.1) is 0 Å². The highest BCUT2D eigenvalue weighted by Crippen LogP contribution is 2.18. The van der Waals surface area contributed by atoms with E-state index in [-0.39, 0.29) is 5.82 Å². The average Bonchev–Trinajstić information content (AvgIpc) is 2.35. The number of nitrogens with zero attached hydrogens (tertiary/aromatic N) is 1. The summed E-state index contributed by atoms with van der Waals surface area (Å²) in [6.45, 7) is 6.24. The van der Waals surface area contributed by atoms with Crippen LogP contribution in [0.1, 0.15) is 12.5 Å². The van der Waals surface area contributed by atoms with Crippen molar-refractivity contribution >= 4 is 11.6 Å². The summed E-state index contributed by atoms with van der Waals surface area (Å²) in [7, 11) is 0. The van der Waals surface area contributed by atoms with Crippen molar-refractivity contribution in [3.05, 3.63) is 34.6 Å². The van der Waals surface area contributed by atoms with Gasteiger partial charge in [0.1, 0.15) is 5.82 Å². The maximum atomic E-state index is 13.6. The number of benzene rings is 1. The molecule has 1 unspecified atom stereocenters. The summed E-state index contributed by atoms with van der Waals surface area (Å²) in [5.41, 5.74) is 0.712. The smallest absolute Gasteiger partial charge is 0.126 e. The molecule has 0 amide bonds. The van der Waals surface area contributed by atoms with E-state index in [0.717, 1.165) is 26.2 Å². The van der Waals surface area contributed by atoms with E-state index in [1.165, 1.54) is 6.07 Å². The largest absolute Gasteiger partial charge is 0.314 e. The molecule has 1 saturated heterocycles. The van der Waals surface area contributed by atoms with E-state index in [1.807, 2.05) is 0 Å². The standard InChI is InChI=1S/C13H18ClFN2/c1-10(17-6-4-16-5-7-17)8-11-9-12(14)2-3-13(11)15/h2-3,9-10,16H,4-8H2,1H3. The highest BCUT2D eigenvalue weighted by atomic mass is 35.5. The number of piperazine rings is 1. The van der Waals surface area contributed by atoms with Gasteiger partial charge in [-0.05, 0) is 37.1 Å². The molecule has 1 aliphatic rings. The lowest BCUT2D eigenvalue weighted by Gasteiger charge is -2.33. The van der Waals surface area contributed by atoms with Gasteiger partial charge in [0.25, 0.3) is 0 Å². The molecule has 0 saturated carbocycles. The first-order valence-electron chi connectivity index (χ1n) is 6.05. The fourth-order valence-corrected chi connectivity index (χ4v) is 2.46. The van der Waals surface area contributed by atoms with Crippen molar-refractivity contribution in [3.63, 3.8) is 0 Å². The molecule has 1 fully saturated rings. The minimum Gasteiger partial charge on any atom is -0.314 e. The number of hydrogen-bond acceptors (Lipinski definition) is 2. The number of hydrogen-bond donors (Lipinski definition) is 1. The first-order valence-corrected chi connectivity index (χ1v) is 6.43. The summed E-state index contributed by atoms with van der Waals surface area (Å²) in [5.74, 6) is -0.156. The van der Waals surface area contributed by atoms with Crippen LogP contribution in [0.3, 0.4) is 0 Å². The first kappa shape index (κ1) is 12.8. The molecule has 4 heteroatoms. The number of halogens is 2. The van der Waals surface area contributed by atoms with Crippen LogP contribution < -0.4 is 5.32 Å². The predicted octanol–water partition coefficient (Wildman–Crippen LogP) is 2.32. The van der Waals surface area contributed by atoms with E-state index in [0.29, 0.717) is 23.0 Å². The molecule has 0 aliphatic carbocycles. The molecule has 1 heterocycles. The minimum atomic E-state index is -0.156. The SMILES string of the molecule is CC(Cc1cc(Cl)ccc1F)N1CCNCC1. The lowest BCUT2D eigenvalue weighted by molar-refractivity contribution is 0.182. The monoisotopic (exact) mass is 256 g/mol. The predicted molar refractivity (Wildman–Crippen MR) is 69.0 cm³/mol. The Morgan fingerprint density at radius 1 is 1.41 bits per heavy atom. The average molecular weight is 257 g/mol. The van der Waals surface area contributed by atoms with Crippen LogP contribution >= 0.6 is 11.6 Å². The third kappa shape index (κ3) is 3.41. The van der Waals surface area contributed by atoms with Gasteiger partial charge in [-0.1, -0.05) is 11.6 Å². The van der Waals surface area contributed by atoms with Crippen molar-refractivity contribution in [1.29, 1.82) is 0 Å². The first-order chi connectivity index (χ1) is 8.16. The summed E-state index contributed by atoms with van der Waals surface area (Å²) >= 11 is 5.90. The third-order valence-corrected chi connectivity index (χ3v) is 3.53. The molecule has 0 bridgehead atoms. The second-order valence-electron chi connectivity index (χ2n) is 4.57. The van der Waals surface area contributed by atoms with Gasteiger partial charge in [0.2, 0.25) is 0 Å². The van der Waals surface area contributed by atoms with Gasteiger partial charge in [0.15, 0.2) is 0 Å². The van der Waals surface area contributed by atoms with Crippen molar-refractivity contribution in [3.8, 4) is 0 Å². The maximum Gasteiger partial charge on any atom is 0.126 e.